The fraction of sp³-hybridized carbons (Fsp3) is 0.0556. The van der Waals surface area contributed by atoms with E-state index in [-0.39, 0.29) is 0 Å². The maximum atomic E-state index is 10.5. The normalized spacial score (nSPS) is 10.4. The molecule has 0 saturated carbocycles. The largest absolute Gasteiger partial charge is 0.465 e. The van der Waals surface area contributed by atoms with E-state index in [9.17, 15) is 4.79 Å². The van der Waals surface area contributed by atoms with Gasteiger partial charge < -0.3 is 10.4 Å². The van der Waals surface area contributed by atoms with Gasteiger partial charge in [-0.05, 0) is 35.4 Å². The highest BCUT2D eigenvalue weighted by molar-refractivity contribution is 8.01. The number of hydrogen-bond donors (Lipinski definition) is 2. The molecule has 0 bridgehead atoms. The van der Waals surface area contributed by atoms with E-state index in [0.717, 1.165) is 9.09 Å². The van der Waals surface area contributed by atoms with Crippen LogP contribution in [0.4, 0.5) is 4.79 Å². The summed E-state index contributed by atoms with van der Waals surface area (Å²) in [6, 6.07) is 22.7. The Kier molecular flexibility index (Phi) is 5.00. The zero-order valence-electron chi connectivity index (χ0n) is 12.2. The number of hydrogen-bond acceptors (Lipinski definition) is 3. The summed E-state index contributed by atoms with van der Waals surface area (Å²) in [5.41, 5.74) is 2.40. The lowest BCUT2D eigenvalue weighted by Crippen LogP contribution is -2.19. The van der Waals surface area contributed by atoms with Crippen LogP contribution in [0.15, 0.2) is 75.8 Å². The first-order valence-corrected chi connectivity index (χ1v) is 8.73. The number of thiophene rings is 1. The number of carboxylic acid groups (broad SMARTS) is 1. The minimum atomic E-state index is -0.997. The summed E-state index contributed by atoms with van der Waals surface area (Å²) in [5.74, 6) is 0. The van der Waals surface area contributed by atoms with E-state index < -0.39 is 6.09 Å². The molecular weight excluding hydrogens is 326 g/mol. The third kappa shape index (κ3) is 4.37. The van der Waals surface area contributed by atoms with Crippen molar-refractivity contribution in [3.8, 4) is 11.1 Å². The molecule has 0 aliphatic rings. The van der Waals surface area contributed by atoms with E-state index >= 15 is 0 Å². The van der Waals surface area contributed by atoms with Crippen molar-refractivity contribution in [3.63, 3.8) is 0 Å². The lowest BCUT2D eigenvalue weighted by Gasteiger charge is -2.04. The smallest absolute Gasteiger partial charge is 0.404 e. The average Bonchev–Trinajstić information content (AvgIpc) is 3.01. The topological polar surface area (TPSA) is 49.3 Å². The van der Waals surface area contributed by atoms with E-state index in [1.54, 1.807) is 23.1 Å². The van der Waals surface area contributed by atoms with E-state index in [2.05, 4.69) is 41.7 Å². The molecule has 5 heteroatoms. The van der Waals surface area contributed by atoms with Gasteiger partial charge in [0.25, 0.3) is 0 Å². The van der Waals surface area contributed by atoms with Gasteiger partial charge in [0.05, 0.1) is 10.8 Å². The van der Waals surface area contributed by atoms with Crippen molar-refractivity contribution in [3.05, 3.63) is 71.6 Å². The Morgan fingerprint density at radius 3 is 2.57 bits per heavy atom. The fourth-order valence-corrected chi connectivity index (χ4v) is 4.31. The van der Waals surface area contributed by atoms with Gasteiger partial charge in [-0.3, -0.25) is 0 Å². The summed E-state index contributed by atoms with van der Waals surface area (Å²) in [4.78, 5) is 12.7. The minimum absolute atomic E-state index is 0.352. The lowest BCUT2D eigenvalue weighted by atomic mass is 10.1. The summed E-state index contributed by atoms with van der Waals surface area (Å²) in [6.07, 6.45) is -0.997. The molecule has 0 saturated heterocycles. The molecule has 1 aromatic heterocycles. The SMILES string of the molecule is O=C(O)NCc1ccc(Sc2cccc(-c3ccccc3)c2)s1. The van der Waals surface area contributed by atoms with Gasteiger partial charge in [-0.15, -0.1) is 11.3 Å². The first kappa shape index (κ1) is 15.6. The van der Waals surface area contributed by atoms with Crippen LogP contribution in [0.25, 0.3) is 11.1 Å². The molecule has 3 aromatic rings. The second-order valence-corrected chi connectivity index (χ2v) is 7.42. The highest BCUT2D eigenvalue weighted by Crippen LogP contribution is 2.35. The third-order valence-electron chi connectivity index (χ3n) is 3.21. The van der Waals surface area contributed by atoms with Crippen LogP contribution in [0.1, 0.15) is 4.88 Å². The Hall–Kier alpha value is -2.24. The van der Waals surface area contributed by atoms with Crippen molar-refractivity contribution in [2.24, 2.45) is 0 Å². The number of nitrogens with one attached hydrogen (secondary N) is 1. The molecule has 1 amide bonds. The molecule has 0 aliphatic heterocycles. The molecule has 0 fully saturated rings. The minimum Gasteiger partial charge on any atom is -0.465 e. The van der Waals surface area contributed by atoms with Crippen molar-refractivity contribution < 1.29 is 9.90 Å². The predicted octanol–water partition coefficient (Wildman–Crippen LogP) is 5.33. The molecule has 2 N–H and O–H groups in total. The summed E-state index contributed by atoms with van der Waals surface area (Å²) < 4.78 is 1.15. The molecule has 0 unspecified atom stereocenters. The monoisotopic (exact) mass is 341 g/mol. The van der Waals surface area contributed by atoms with Crippen molar-refractivity contribution in [2.75, 3.05) is 0 Å². The number of carbonyl (C=O) groups is 1. The van der Waals surface area contributed by atoms with E-state index in [4.69, 9.17) is 5.11 Å². The number of benzene rings is 2. The van der Waals surface area contributed by atoms with Crippen LogP contribution in [0.2, 0.25) is 0 Å². The molecular formula is C18H15NO2S2. The summed E-state index contributed by atoms with van der Waals surface area (Å²) in [7, 11) is 0. The van der Waals surface area contributed by atoms with Gasteiger partial charge in [-0.2, -0.15) is 0 Å². The zero-order valence-corrected chi connectivity index (χ0v) is 13.9. The Bertz CT molecular complexity index is 800. The highest BCUT2D eigenvalue weighted by atomic mass is 32.2. The van der Waals surface area contributed by atoms with E-state index in [1.165, 1.54) is 16.0 Å². The predicted molar refractivity (Wildman–Crippen MR) is 95.2 cm³/mol. The summed E-state index contributed by atoms with van der Waals surface area (Å²) >= 11 is 3.30. The quantitative estimate of drug-likeness (QED) is 0.659. The van der Waals surface area contributed by atoms with Crippen LogP contribution in [-0.2, 0) is 6.54 Å². The van der Waals surface area contributed by atoms with Crippen LogP contribution >= 0.6 is 23.1 Å². The Morgan fingerprint density at radius 1 is 1.00 bits per heavy atom. The van der Waals surface area contributed by atoms with Crippen LogP contribution in [0.5, 0.6) is 0 Å². The van der Waals surface area contributed by atoms with Gasteiger partial charge in [-0.25, -0.2) is 4.79 Å². The summed E-state index contributed by atoms with van der Waals surface area (Å²) in [6.45, 7) is 0.352. The van der Waals surface area contributed by atoms with E-state index in [1.807, 2.05) is 30.3 Å². The lowest BCUT2D eigenvalue weighted by molar-refractivity contribution is 0.194. The molecule has 3 rings (SSSR count). The highest BCUT2D eigenvalue weighted by Gasteiger charge is 2.05. The van der Waals surface area contributed by atoms with Gasteiger partial charge >= 0.3 is 6.09 Å². The molecule has 0 radical (unpaired) electrons. The molecule has 0 spiro atoms. The maximum absolute atomic E-state index is 10.5. The van der Waals surface area contributed by atoms with Crippen LogP contribution in [0.3, 0.4) is 0 Å². The molecule has 3 nitrogen and oxygen atoms in total. The first-order valence-electron chi connectivity index (χ1n) is 7.09. The molecule has 2 aromatic carbocycles. The Morgan fingerprint density at radius 2 is 1.78 bits per heavy atom. The molecule has 116 valence electrons. The second kappa shape index (κ2) is 7.35. The molecule has 0 atom stereocenters. The maximum Gasteiger partial charge on any atom is 0.404 e. The van der Waals surface area contributed by atoms with Gasteiger partial charge in [0, 0.05) is 9.77 Å². The average molecular weight is 341 g/mol. The van der Waals surface area contributed by atoms with Gasteiger partial charge in [0.15, 0.2) is 0 Å². The molecule has 0 aliphatic carbocycles. The van der Waals surface area contributed by atoms with Gasteiger partial charge in [0.2, 0.25) is 0 Å². The fourth-order valence-electron chi connectivity index (χ4n) is 2.16. The Labute approximate surface area is 143 Å². The second-order valence-electron chi connectivity index (χ2n) is 4.88. The third-order valence-corrected chi connectivity index (χ3v) is 5.42. The number of amides is 1. The number of rotatable bonds is 5. The summed E-state index contributed by atoms with van der Waals surface area (Å²) in [5, 5.41) is 11.0. The van der Waals surface area contributed by atoms with Crippen molar-refractivity contribution in [1.82, 2.24) is 5.32 Å². The Balaban J connectivity index is 1.72. The van der Waals surface area contributed by atoms with Crippen molar-refractivity contribution in [2.45, 2.75) is 15.6 Å². The van der Waals surface area contributed by atoms with Gasteiger partial charge in [-0.1, -0.05) is 54.2 Å². The zero-order chi connectivity index (χ0) is 16.1. The van der Waals surface area contributed by atoms with Crippen LogP contribution in [-0.4, -0.2) is 11.2 Å². The standard InChI is InChI=1S/C18H15NO2S2/c20-18(21)19-12-16-9-10-17(23-16)22-15-8-4-7-14(11-15)13-5-2-1-3-6-13/h1-11,19H,12H2,(H,20,21). The van der Waals surface area contributed by atoms with Crippen LogP contribution in [0, 0.1) is 0 Å². The van der Waals surface area contributed by atoms with Crippen LogP contribution < -0.4 is 5.32 Å². The molecule has 1 heterocycles. The van der Waals surface area contributed by atoms with Crippen molar-refractivity contribution >= 4 is 29.2 Å². The van der Waals surface area contributed by atoms with E-state index in [0.29, 0.717) is 6.54 Å². The van der Waals surface area contributed by atoms with Crippen molar-refractivity contribution in [1.29, 1.82) is 0 Å². The molecule has 23 heavy (non-hydrogen) atoms. The first-order chi connectivity index (χ1) is 11.2. The van der Waals surface area contributed by atoms with Gasteiger partial charge in [0.1, 0.15) is 0 Å².